The zero-order valence-electron chi connectivity index (χ0n) is 11.4. The maximum atomic E-state index is 12.3. The first-order valence-corrected chi connectivity index (χ1v) is 6.52. The standard InChI is InChI=1S/C13H23NO4/c1-9(2)7-14(8-12(15)16)13(17)11-4-5-18-10(3)6-11/h9-11H,4-8H2,1-3H3,(H,15,16). The molecule has 0 radical (unpaired) electrons. The molecule has 0 aromatic carbocycles. The van der Waals surface area contributed by atoms with Gasteiger partial charge in [-0.15, -0.1) is 0 Å². The molecule has 5 nitrogen and oxygen atoms in total. The molecule has 2 atom stereocenters. The van der Waals surface area contributed by atoms with Gasteiger partial charge in [-0.05, 0) is 25.7 Å². The second-order valence-corrected chi connectivity index (χ2v) is 5.41. The molecular formula is C13H23NO4. The van der Waals surface area contributed by atoms with Gasteiger partial charge in [-0.3, -0.25) is 9.59 Å². The number of aliphatic carboxylic acids is 1. The second-order valence-electron chi connectivity index (χ2n) is 5.41. The SMILES string of the molecule is CC(C)CN(CC(=O)O)C(=O)C1CCOC(C)C1. The fourth-order valence-corrected chi connectivity index (χ4v) is 2.32. The summed E-state index contributed by atoms with van der Waals surface area (Å²) in [5.41, 5.74) is 0. The molecule has 0 aromatic heterocycles. The summed E-state index contributed by atoms with van der Waals surface area (Å²) < 4.78 is 5.41. The first-order chi connectivity index (χ1) is 8.40. The smallest absolute Gasteiger partial charge is 0.323 e. The summed E-state index contributed by atoms with van der Waals surface area (Å²) in [5.74, 6) is -0.817. The van der Waals surface area contributed by atoms with E-state index in [1.165, 1.54) is 4.90 Å². The summed E-state index contributed by atoms with van der Waals surface area (Å²) in [4.78, 5) is 24.6. The number of amides is 1. The zero-order chi connectivity index (χ0) is 13.7. The average molecular weight is 257 g/mol. The fraction of sp³-hybridized carbons (Fsp3) is 0.846. The number of nitrogens with zero attached hydrogens (tertiary/aromatic N) is 1. The normalized spacial score (nSPS) is 24.0. The van der Waals surface area contributed by atoms with E-state index in [0.717, 1.165) is 0 Å². The Balaban J connectivity index is 2.64. The number of carbonyl (C=O) groups is 2. The summed E-state index contributed by atoms with van der Waals surface area (Å²) in [7, 11) is 0. The quantitative estimate of drug-likeness (QED) is 0.807. The number of hydrogen-bond donors (Lipinski definition) is 1. The minimum absolute atomic E-state index is 0.0405. The lowest BCUT2D eigenvalue weighted by Gasteiger charge is -2.31. The lowest BCUT2D eigenvalue weighted by molar-refractivity contribution is -0.149. The van der Waals surface area contributed by atoms with Crippen molar-refractivity contribution in [2.45, 2.75) is 39.7 Å². The molecule has 1 aliphatic rings. The predicted octanol–water partition coefficient (Wildman–Crippen LogP) is 1.37. The highest BCUT2D eigenvalue weighted by atomic mass is 16.5. The van der Waals surface area contributed by atoms with Crippen molar-refractivity contribution >= 4 is 11.9 Å². The van der Waals surface area contributed by atoms with E-state index in [1.807, 2.05) is 20.8 Å². The zero-order valence-corrected chi connectivity index (χ0v) is 11.4. The van der Waals surface area contributed by atoms with Crippen LogP contribution in [0.1, 0.15) is 33.6 Å². The van der Waals surface area contributed by atoms with E-state index in [2.05, 4.69) is 0 Å². The third kappa shape index (κ3) is 4.64. The van der Waals surface area contributed by atoms with Crippen LogP contribution in [0.5, 0.6) is 0 Å². The molecule has 1 fully saturated rings. The minimum atomic E-state index is -0.955. The number of hydrogen-bond acceptors (Lipinski definition) is 3. The van der Waals surface area contributed by atoms with Crippen LogP contribution >= 0.6 is 0 Å². The molecule has 0 spiro atoms. The third-order valence-electron chi connectivity index (χ3n) is 3.06. The van der Waals surface area contributed by atoms with Gasteiger partial charge in [-0.25, -0.2) is 0 Å². The molecule has 1 heterocycles. The van der Waals surface area contributed by atoms with Crippen molar-refractivity contribution in [2.75, 3.05) is 19.7 Å². The van der Waals surface area contributed by atoms with Crippen LogP contribution in [0.4, 0.5) is 0 Å². The molecule has 0 saturated carbocycles. The fourth-order valence-electron chi connectivity index (χ4n) is 2.32. The van der Waals surface area contributed by atoms with Gasteiger partial charge in [0, 0.05) is 19.1 Å². The van der Waals surface area contributed by atoms with E-state index >= 15 is 0 Å². The van der Waals surface area contributed by atoms with Gasteiger partial charge < -0.3 is 14.7 Å². The molecule has 1 N–H and O–H groups in total. The van der Waals surface area contributed by atoms with Crippen LogP contribution in [-0.2, 0) is 14.3 Å². The largest absolute Gasteiger partial charge is 0.480 e. The molecule has 1 aliphatic heterocycles. The van der Waals surface area contributed by atoms with Crippen LogP contribution in [0.2, 0.25) is 0 Å². The topological polar surface area (TPSA) is 66.8 Å². The van der Waals surface area contributed by atoms with Crippen LogP contribution in [0, 0.1) is 11.8 Å². The Kier molecular flexibility index (Phi) is 5.59. The third-order valence-corrected chi connectivity index (χ3v) is 3.06. The van der Waals surface area contributed by atoms with Gasteiger partial charge in [0.2, 0.25) is 5.91 Å². The maximum absolute atomic E-state index is 12.3. The molecule has 0 bridgehead atoms. The maximum Gasteiger partial charge on any atom is 0.323 e. The van der Waals surface area contributed by atoms with Gasteiger partial charge in [-0.2, -0.15) is 0 Å². The number of carboxylic acids is 1. The molecule has 18 heavy (non-hydrogen) atoms. The Labute approximate surface area is 108 Å². The molecule has 104 valence electrons. The molecular weight excluding hydrogens is 234 g/mol. The number of ether oxygens (including phenoxy) is 1. The van der Waals surface area contributed by atoms with Crippen LogP contribution in [-0.4, -0.2) is 47.7 Å². The highest BCUT2D eigenvalue weighted by Crippen LogP contribution is 2.22. The van der Waals surface area contributed by atoms with Gasteiger partial charge >= 0.3 is 5.97 Å². The van der Waals surface area contributed by atoms with Crippen LogP contribution in [0.25, 0.3) is 0 Å². The summed E-state index contributed by atoms with van der Waals surface area (Å²) >= 11 is 0. The summed E-state index contributed by atoms with van der Waals surface area (Å²) in [6, 6.07) is 0. The van der Waals surface area contributed by atoms with E-state index in [-0.39, 0.29) is 30.4 Å². The highest BCUT2D eigenvalue weighted by Gasteiger charge is 2.30. The van der Waals surface area contributed by atoms with Crippen LogP contribution in [0.15, 0.2) is 0 Å². The van der Waals surface area contributed by atoms with Crippen LogP contribution in [0.3, 0.4) is 0 Å². The summed E-state index contributed by atoms with van der Waals surface area (Å²) in [6.07, 6.45) is 1.46. The van der Waals surface area contributed by atoms with Gasteiger partial charge in [-0.1, -0.05) is 13.8 Å². The Morgan fingerprint density at radius 3 is 2.61 bits per heavy atom. The van der Waals surface area contributed by atoms with Gasteiger partial charge in [0.15, 0.2) is 0 Å². The van der Waals surface area contributed by atoms with Gasteiger partial charge in [0.1, 0.15) is 6.54 Å². The van der Waals surface area contributed by atoms with Crippen molar-refractivity contribution in [3.8, 4) is 0 Å². The van der Waals surface area contributed by atoms with Gasteiger partial charge in [0.05, 0.1) is 6.10 Å². The summed E-state index contributed by atoms with van der Waals surface area (Å²) in [5, 5.41) is 8.88. The first kappa shape index (κ1) is 15.0. The lowest BCUT2D eigenvalue weighted by atomic mass is 9.94. The number of rotatable bonds is 5. The van der Waals surface area contributed by atoms with Crippen molar-refractivity contribution in [3.05, 3.63) is 0 Å². The highest BCUT2D eigenvalue weighted by molar-refractivity contribution is 5.83. The van der Waals surface area contributed by atoms with Crippen molar-refractivity contribution in [3.63, 3.8) is 0 Å². The van der Waals surface area contributed by atoms with E-state index in [1.54, 1.807) is 0 Å². The van der Waals surface area contributed by atoms with Crippen molar-refractivity contribution in [1.82, 2.24) is 4.90 Å². The summed E-state index contributed by atoms with van der Waals surface area (Å²) in [6.45, 7) is 6.78. The monoisotopic (exact) mass is 257 g/mol. The van der Waals surface area contributed by atoms with E-state index in [0.29, 0.717) is 26.0 Å². The van der Waals surface area contributed by atoms with E-state index in [4.69, 9.17) is 9.84 Å². The Bertz CT molecular complexity index is 303. The predicted molar refractivity (Wildman–Crippen MR) is 67.2 cm³/mol. The Hall–Kier alpha value is -1.10. The van der Waals surface area contributed by atoms with Crippen molar-refractivity contribution < 1.29 is 19.4 Å². The molecule has 1 rings (SSSR count). The van der Waals surface area contributed by atoms with Gasteiger partial charge in [0.25, 0.3) is 0 Å². The van der Waals surface area contributed by atoms with E-state index < -0.39 is 5.97 Å². The van der Waals surface area contributed by atoms with Crippen molar-refractivity contribution in [1.29, 1.82) is 0 Å². The number of carboxylic acid groups (broad SMARTS) is 1. The molecule has 5 heteroatoms. The van der Waals surface area contributed by atoms with Crippen molar-refractivity contribution in [2.24, 2.45) is 11.8 Å². The number of carbonyl (C=O) groups excluding carboxylic acids is 1. The Morgan fingerprint density at radius 2 is 2.11 bits per heavy atom. The molecule has 1 amide bonds. The molecule has 0 aliphatic carbocycles. The minimum Gasteiger partial charge on any atom is -0.480 e. The van der Waals surface area contributed by atoms with E-state index in [9.17, 15) is 9.59 Å². The second kappa shape index (κ2) is 6.73. The lowest BCUT2D eigenvalue weighted by Crippen LogP contribution is -2.44. The Morgan fingerprint density at radius 1 is 1.44 bits per heavy atom. The van der Waals surface area contributed by atoms with Crippen LogP contribution < -0.4 is 0 Å². The first-order valence-electron chi connectivity index (χ1n) is 6.52. The molecule has 1 saturated heterocycles. The average Bonchev–Trinajstić information content (AvgIpc) is 2.26. The molecule has 0 aromatic rings. The molecule has 2 unspecified atom stereocenters.